The molecule has 20 heavy (non-hydrogen) atoms. The van der Waals surface area contributed by atoms with E-state index in [0.717, 1.165) is 19.4 Å². The number of hydrogen-bond acceptors (Lipinski definition) is 3. The summed E-state index contributed by atoms with van der Waals surface area (Å²) >= 11 is 0. The second kappa shape index (κ2) is 7.06. The summed E-state index contributed by atoms with van der Waals surface area (Å²) in [6, 6.07) is 13.0. The van der Waals surface area contributed by atoms with E-state index >= 15 is 0 Å². The number of pyridine rings is 1. The molecule has 0 bridgehead atoms. The third kappa shape index (κ3) is 3.58. The van der Waals surface area contributed by atoms with Crippen molar-refractivity contribution in [2.45, 2.75) is 32.7 Å². The molecule has 0 aliphatic carbocycles. The van der Waals surface area contributed by atoms with Gasteiger partial charge in [0.15, 0.2) is 0 Å². The molecule has 0 saturated heterocycles. The monoisotopic (exact) mass is 269 g/mol. The highest BCUT2D eigenvalue weighted by atomic mass is 14.9. The largest absolute Gasteiger partial charge is 0.383 e. The van der Waals surface area contributed by atoms with Crippen molar-refractivity contribution in [1.29, 1.82) is 0 Å². The molecule has 1 aromatic heterocycles. The predicted molar refractivity (Wildman–Crippen MR) is 84.6 cm³/mol. The average molecular weight is 269 g/mol. The lowest BCUT2D eigenvalue weighted by molar-refractivity contribution is 0.515. The van der Waals surface area contributed by atoms with Crippen molar-refractivity contribution in [3.63, 3.8) is 0 Å². The third-order valence-electron chi connectivity index (χ3n) is 3.66. The number of nitrogens with one attached hydrogen (secondary N) is 1. The van der Waals surface area contributed by atoms with E-state index in [1.807, 2.05) is 6.07 Å². The Morgan fingerprint density at radius 3 is 2.60 bits per heavy atom. The topological polar surface area (TPSA) is 50.9 Å². The van der Waals surface area contributed by atoms with Crippen LogP contribution in [0.3, 0.4) is 0 Å². The molecule has 0 amide bonds. The number of nitrogens with two attached hydrogens (primary N) is 1. The first-order valence-electron chi connectivity index (χ1n) is 7.20. The SMILES string of the molecule is CCNC(CCc1c(C)ccnc1N)c1ccccc1. The van der Waals surface area contributed by atoms with Crippen LogP contribution in [-0.4, -0.2) is 11.5 Å². The first-order valence-corrected chi connectivity index (χ1v) is 7.20. The minimum Gasteiger partial charge on any atom is -0.383 e. The Morgan fingerprint density at radius 2 is 1.95 bits per heavy atom. The Labute approximate surface area is 121 Å². The summed E-state index contributed by atoms with van der Waals surface area (Å²) in [4.78, 5) is 4.19. The van der Waals surface area contributed by atoms with Gasteiger partial charge in [-0.15, -0.1) is 0 Å². The van der Waals surface area contributed by atoms with E-state index in [1.165, 1.54) is 16.7 Å². The molecule has 3 nitrogen and oxygen atoms in total. The second-order valence-corrected chi connectivity index (χ2v) is 5.05. The fourth-order valence-electron chi connectivity index (χ4n) is 2.54. The number of nitrogen functional groups attached to an aromatic ring is 1. The van der Waals surface area contributed by atoms with Gasteiger partial charge in [-0.2, -0.15) is 0 Å². The number of hydrogen-bond donors (Lipinski definition) is 2. The molecule has 1 aromatic carbocycles. The first-order chi connectivity index (χ1) is 9.72. The van der Waals surface area contributed by atoms with Crippen molar-refractivity contribution in [2.75, 3.05) is 12.3 Å². The Bertz CT molecular complexity index is 517. The highest BCUT2D eigenvalue weighted by molar-refractivity contribution is 5.43. The number of nitrogens with zero attached hydrogens (tertiary/aromatic N) is 1. The van der Waals surface area contributed by atoms with Crippen molar-refractivity contribution in [1.82, 2.24) is 10.3 Å². The molecule has 0 spiro atoms. The van der Waals surface area contributed by atoms with Crippen LogP contribution in [0.1, 0.15) is 36.1 Å². The van der Waals surface area contributed by atoms with Crippen molar-refractivity contribution in [3.05, 3.63) is 59.3 Å². The zero-order valence-electron chi connectivity index (χ0n) is 12.3. The van der Waals surface area contributed by atoms with Crippen LogP contribution >= 0.6 is 0 Å². The lowest BCUT2D eigenvalue weighted by Gasteiger charge is -2.19. The quantitative estimate of drug-likeness (QED) is 0.846. The van der Waals surface area contributed by atoms with Gasteiger partial charge in [0, 0.05) is 12.2 Å². The molecule has 2 aromatic rings. The molecule has 1 heterocycles. The van der Waals surface area contributed by atoms with Crippen LogP contribution in [0.25, 0.3) is 0 Å². The number of rotatable bonds is 6. The second-order valence-electron chi connectivity index (χ2n) is 5.05. The number of anilines is 1. The van der Waals surface area contributed by atoms with Gasteiger partial charge in [-0.3, -0.25) is 0 Å². The summed E-state index contributed by atoms with van der Waals surface area (Å²) in [5.74, 6) is 0.660. The molecular formula is C17H23N3. The fourth-order valence-corrected chi connectivity index (χ4v) is 2.54. The van der Waals surface area contributed by atoms with Gasteiger partial charge in [-0.1, -0.05) is 37.3 Å². The Kier molecular flexibility index (Phi) is 5.13. The minimum atomic E-state index is 0.361. The van der Waals surface area contributed by atoms with Crippen LogP contribution in [0.4, 0.5) is 5.82 Å². The molecule has 3 heteroatoms. The van der Waals surface area contributed by atoms with Gasteiger partial charge in [0.05, 0.1) is 0 Å². The van der Waals surface area contributed by atoms with Crippen LogP contribution in [-0.2, 0) is 6.42 Å². The van der Waals surface area contributed by atoms with Crippen molar-refractivity contribution >= 4 is 5.82 Å². The van der Waals surface area contributed by atoms with E-state index in [1.54, 1.807) is 6.20 Å². The summed E-state index contributed by atoms with van der Waals surface area (Å²) in [5.41, 5.74) is 9.71. The number of aryl methyl sites for hydroxylation is 1. The summed E-state index contributed by atoms with van der Waals surface area (Å²) in [7, 11) is 0. The molecule has 2 rings (SSSR count). The zero-order valence-corrected chi connectivity index (χ0v) is 12.3. The summed E-state index contributed by atoms with van der Waals surface area (Å²) in [5, 5.41) is 3.55. The van der Waals surface area contributed by atoms with E-state index in [4.69, 9.17) is 5.73 Å². The van der Waals surface area contributed by atoms with Gasteiger partial charge in [0.25, 0.3) is 0 Å². The maximum absolute atomic E-state index is 5.99. The standard InChI is InChI=1S/C17H23N3/c1-3-19-16(14-7-5-4-6-8-14)10-9-15-13(2)11-12-20-17(15)18/h4-8,11-12,16,19H,3,9-10H2,1-2H3,(H2,18,20). The molecule has 0 radical (unpaired) electrons. The van der Waals surface area contributed by atoms with Gasteiger partial charge in [-0.05, 0) is 49.1 Å². The van der Waals surface area contributed by atoms with E-state index in [0.29, 0.717) is 11.9 Å². The Morgan fingerprint density at radius 1 is 1.20 bits per heavy atom. The third-order valence-corrected chi connectivity index (χ3v) is 3.66. The van der Waals surface area contributed by atoms with Gasteiger partial charge < -0.3 is 11.1 Å². The Balaban J connectivity index is 2.10. The Hall–Kier alpha value is -1.87. The molecule has 106 valence electrons. The lowest BCUT2D eigenvalue weighted by atomic mass is 9.97. The smallest absolute Gasteiger partial charge is 0.126 e. The lowest BCUT2D eigenvalue weighted by Crippen LogP contribution is -2.21. The molecule has 0 saturated carbocycles. The van der Waals surface area contributed by atoms with Crippen LogP contribution in [0, 0.1) is 6.92 Å². The fraction of sp³-hybridized carbons (Fsp3) is 0.353. The van der Waals surface area contributed by atoms with Crippen LogP contribution < -0.4 is 11.1 Å². The van der Waals surface area contributed by atoms with Crippen LogP contribution in [0.5, 0.6) is 0 Å². The van der Waals surface area contributed by atoms with Gasteiger partial charge in [0.2, 0.25) is 0 Å². The van der Waals surface area contributed by atoms with Gasteiger partial charge >= 0.3 is 0 Å². The van der Waals surface area contributed by atoms with E-state index in [2.05, 4.69) is 54.5 Å². The molecule has 1 unspecified atom stereocenters. The highest BCUT2D eigenvalue weighted by Gasteiger charge is 2.12. The van der Waals surface area contributed by atoms with Crippen LogP contribution in [0.15, 0.2) is 42.6 Å². The molecule has 0 aliphatic rings. The summed E-state index contributed by atoms with van der Waals surface area (Å²) in [6.45, 7) is 5.19. The normalized spacial score (nSPS) is 12.3. The molecule has 0 fully saturated rings. The van der Waals surface area contributed by atoms with E-state index in [-0.39, 0.29) is 0 Å². The van der Waals surface area contributed by atoms with Crippen molar-refractivity contribution in [3.8, 4) is 0 Å². The van der Waals surface area contributed by atoms with E-state index in [9.17, 15) is 0 Å². The maximum atomic E-state index is 5.99. The summed E-state index contributed by atoms with van der Waals surface area (Å²) in [6.07, 6.45) is 3.74. The van der Waals surface area contributed by atoms with Crippen molar-refractivity contribution in [2.24, 2.45) is 0 Å². The zero-order chi connectivity index (χ0) is 14.4. The van der Waals surface area contributed by atoms with E-state index < -0.39 is 0 Å². The maximum Gasteiger partial charge on any atom is 0.126 e. The first kappa shape index (κ1) is 14.5. The average Bonchev–Trinajstić information content (AvgIpc) is 2.46. The molecule has 0 aliphatic heterocycles. The van der Waals surface area contributed by atoms with Gasteiger partial charge in [0.1, 0.15) is 5.82 Å². The number of benzene rings is 1. The van der Waals surface area contributed by atoms with Crippen molar-refractivity contribution < 1.29 is 0 Å². The molecular weight excluding hydrogens is 246 g/mol. The summed E-state index contributed by atoms with van der Waals surface area (Å²) < 4.78 is 0. The van der Waals surface area contributed by atoms with Gasteiger partial charge in [-0.25, -0.2) is 4.98 Å². The molecule has 3 N–H and O–H groups in total. The predicted octanol–water partition coefficient (Wildman–Crippen LogP) is 3.26. The highest BCUT2D eigenvalue weighted by Crippen LogP contribution is 2.22. The number of aromatic nitrogens is 1. The van der Waals surface area contributed by atoms with Crippen LogP contribution in [0.2, 0.25) is 0 Å². The minimum absolute atomic E-state index is 0.361. The molecule has 1 atom stereocenters.